The molecule has 0 aliphatic carbocycles. The predicted octanol–water partition coefficient (Wildman–Crippen LogP) is 2.86. The smallest absolute Gasteiger partial charge is 0.357 e. The van der Waals surface area contributed by atoms with Crippen LogP contribution in [-0.4, -0.2) is 69.8 Å². The molecule has 1 saturated heterocycles. The molecule has 2 heterocycles. The molecule has 7 nitrogen and oxygen atoms in total. The van der Waals surface area contributed by atoms with Crippen LogP contribution in [0.4, 0.5) is 13.2 Å². The molecule has 0 amide bonds. The van der Waals surface area contributed by atoms with Crippen molar-refractivity contribution in [1.82, 2.24) is 29.9 Å². The monoisotopic (exact) mass is 437 g/mol. The fraction of sp³-hybridized carbons (Fsp3) is 0.571. The molecule has 170 valence electrons. The Balaban J connectivity index is 1.43. The average molecular weight is 438 g/mol. The van der Waals surface area contributed by atoms with E-state index in [4.69, 9.17) is 4.99 Å². The fourth-order valence-corrected chi connectivity index (χ4v) is 3.53. The van der Waals surface area contributed by atoms with Gasteiger partial charge >= 0.3 is 6.18 Å². The summed E-state index contributed by atoms with van der Waals surface area (Å²) in [5.74, 6) is 0.931. The van der Waals surface area contributed by atoms with Gasteiger partial charge < -0.3 is 14.8 Å². The SMILES string of the molecule is CCNC(=NCCCCn1cnnc1)N1CCN(Cc2ccc(C(F)(F)F)cc2)CC1. The number of nitrogens with one attached hydrogen (secondary N) is 1. The molecule has 3 rings (SSSR count). The van der Waals surface area contributed by atoms with Crippen molar-refractivity contribution in [3.8, 4) is 0 Å². The molecule has 1 aliphatic heterocycles. The Morgan fingerprint density at radius 2 is 1.71 bits per heavy atom. The molecule has 10 heteroatoms. The van der Waals surface area contributed by atoms with Crippen LogP contribution in [0.3, 0.4) is 0 Å². The number of piperazine rings is 1. The highest BCUT2D eigenvalue weighted by molar-refractivity contribution is 5.80. The molecular weight excluding hydrogens is 407 g/mol. The molecular formula is C21H30F3N7. The molecule has 31 heavy (non-hydrogen) atoms. The summed E-state index contributed by atoms with van der Waals surface area (Å²) in [6.45, 7) is 8.55. The third-order valence-electron chi connectivity index (χ3n) is 5.25. The van der Waals surface area contributed by atoms with E-state index in [1.807, 2.05) is 4.57 Å². The van der Waals surface area contributed by atoms with Gasteiger partial charge in [-0.2, -0.15) is 13.2 Å². The van der Waals surface area contributed by atoms with Crippen LogP contribution in [0, 0.1) is 0 Å². The summed E-state index contributed by atoms with van der Waals surface area (Å²) in [6, 6.07) is 5.46. The lowest BCUT2D eigenvalue weighted by molar-refractivity contribution is -0.137. The zero-order valence-corrected chi connectivity index (χ0v) is 17.9. The van der Waals surface area contributed by atoms with E-state index in [-0.39, 0.29) is 0 Å². The molecule has 1 aliphatic rings. The molecule has 0 saturated carbocycles. The number of benzene rings is 1. The van der Waals surface area contributed by atoms with Gasteiger partial charge in [-0.25, -0.2) is 0 Å². The number of nitrogens with zero attached hydrogens (tertiary/aromatic N) is 6. The Labute approximate surface area is 181 Å². The fourth-order valence-electron chi connectivity index (χ4n) is 3.53. The van der Waals surface area contributed by atoms with Crippen LogP contribution in [-0.2, 0) is 19.3 Å². The summed E-state index contributed by atoms with van der Waals surface area (Å²) in [5.41, 5.74) is 0.296. The van der Waals surface area contributed by atoms with E-state index < -0.39 is 11.7 Å². The number of alkyl halides is 3. The molecule has 0 unspecified atom stereocenters. The van der Waals surface area contributed by atoms with Gasteiger partial charge in [0.05, 0.1) is 5.56 Å². The van der Waals surface area contributed by atoms with E-state index in [1.54, 1.807) is 24.8 Å². The number of unbranched alkanes of at least 4 members (excludes halogenated alkanes) is 1. The molecule has 2 aromatic rings. The van der Waals surface area contributed by atoms with Gasteiger partial charge in [0.2, 0.25) is 0 Å². The van der Waals surface area contributed by atoms with Crippen LogP contribution in [0.1, 0.15) is 30.9 Å². The summed E-state index contributed by atoms with van der Waals surface area (Å²) in [7, 11) is 0. The largest absolute Gasteiger partial charge is 0.416 e. The second-order valence-corrected chi connectivity index (χ2v) is 7.60. The predicted molar refractivity (Wildman–Crippen MR) is 114 cm³/mol. The summed E-state index contributed by atoms with van der Waals surface area (Å²) in [5, 5.41) is 11.0. The third kappa shape index (κ3) is 7.23. The molecule has 1 fully saturated rings. The number of hydrogen-bond donors (Lipinski definition) is 1. The second kappa shape index (κ2) is 11.1. The zero-order chi connectivity index (χ0) is 22.1. The molecule has 1 aromatic heterocycles. The van der Waals surface area contributed by atoms with Crippen LogP contribution in [0.5, 0.6) is 0 Å². The maximum Gasteiger partial charge on any atom is 0.416 e. The highest BCUT2D eigenvalue weighted by Gasteiger charge is 2.30. The summed E-state index contributed by atoms with van der Waals surface area (Å²) < 4.78 is 40.1. The number of aryl methyl sites for hydroxylation is 1. The van der Waals surface area contributed by atoms with Crippen molar-refractivity contribution < 1.29 is 13.2 Å². The van der Waals surface area contributed by atoms with Crippen molar-refractivity contribution in [2.45, 2.75) is 39.0 Å². The Bertz CT molecular complexity index is 795. The van der Waals surface area contributed by atoms with E-state index in [2.05, 4.69) is 32.2 Å². The number of aromatic nitrogens is 3. The highest BCUT2D eigenvalue weighted by Crippen LogP contribution is 2.29. The van der Waals surface area contributed by atoms with E-state index >= 15 is 0 Å². The molecule has 0 bridgehead atoms. The average Bonchev–Trinajstić information content (AvgIpc) is 3.27. The lowest BCUT2D eigenvalue weighted by Crippen LogP contribution is -2.52. The lowest BCUT2D eigenvalue weighted by atomic mass is 10.1. The van der Waals surface area contributed by atoms with Crippen LogP contribution < -0.4 is 5.32 Å². The summed E-state index contributed by atoms with van der Waals surface area (Å²) in [6.07, 6.45) is 1.15. The van der Waals surface area contributed by atoms with Crippen LogP contribution in [0.2, 0.25) is 0 Å². The van der Waals surface area contributed by atoms with Gasteiger partial charge in [-0.05, 0) is 37.5 Å². The molecule has 0 atom stereocenters. The first-order valence-corrected chi connectivity index (χ1v) is 10.7. The molecule has 0 spiro atoms. The minimum Gasteiger partial charge on any atom is -0.357 e. The second-order valence-electron chi connectivity index (χ2n) is 7.60. The maximum atomic E-state index is 12.7. The number of halogens is 3. The summed E-state index contributed by atoms with van der Waals surface area (Å²) >= 11 is 0. The summed E-state index contributed by atoms with van der Waals surface area (Å²) in [4.78, 5) is 9.29. The van der Waals surface area contributed by atoms with Crippen molar-refractivity contribution in [2.75, 3.05) is 39.3 Å². The van der Waals surface area contributed by atoms with Crippen LogP contribution >= 0.6 is 0 Å². The first kappa shape index (κ1) is 23.1. The number of hydrogen-bond acceptors (Lipinski definition) is 4. The normalized spacial score (nSPS) is 16.0. The number of aliphatic imine (C=N–C) groups is 1. The van der Waals surface area contributed by atoms with Gasteiger partial charge in [0, 0.05) is 52.4 Å². The first-order valence-electron chi connectivity index (χ1n) is 10.7. The van der Waals surface area contributed by atoms with Crippen LogP contribution in [0.15, 0.2) is 41.9 Å². The zero-order valence-electron chi connectivity index (χ0n) is 17.9. The molecule has 0 radical (unpaired) electrons. The van der Waals surface area contributed by atoms with Gasteiger partial charge in [-0.1, -0.05) is 12.1 Å². The van der Waals surface area contributed by atoms with E-state index in [9.17, 15) is 13.2 Å². The number of rotatable bonds is 8. The van der Waals surface area contributed by atoms with Crippen molar-refractivity contribution >= 4 is 5.96 Å². The van der Waals surface area contributed by atoms with Crippen molar-refractivity contribution in [3.63, 3.8) is 0 Å². The Morgan fingerprint density at radius 3 is 2.32 bits per heavy atom. The molecule has 1 aromatic carbocycles. The van der Waals surface area contributed by atoms with Crippen molar-refractivity contribution in [3.05, 3.63) is 48.0 Å². The Morgan fingerprint density at radius 1 is 1.03 bits per heavy atom. The minimum absolute atomic E-state index is 0.603. The van der Waals surface area contributed by atoms with Gasteiger partial charge in [-0.3, -0.25) is 9.89 Å². The van der Waals surface area contributed by atoms with E-state index in [1.165, 1.54) is 0 Å². The van der Waals surface area contributed by atoms with Gasteiger partial charge in [-0.15, -0.1) is 10.2 Å². The van der Waals surface area contributed by atoms with Crippen molar-refractivity contribution in [2.24, 2.45) is 4.99 Å². The van der Waals surface area contributed by atoms with Gasteiger partial charge in [0.1, 0.15) is 12.7 Å². The van der Waals surface area contributed by atoms with Gasteiger partial charge in [0.25, 0.3) is 0 Å². The van der Waals surface area contributed by atoms with Crippen LogP contribution in [0.25, 0.3) is 0 Å². The van der Waals surface area contributed by atoms with E-state index in [0.29, 0.717) is 6.54 Å². The Hall–Kier alpha value is -2.62. The maximum absolute atomic E-state index is 12.7. The first-order chi connectivity index (χ1) is 15.0. The minimum atomic E-state index is -4.29. The van der Waals surface area contributed by atoms with Gasteiger partial charge in [0.15, 0.2) is 5.96 Å². The van der Waals surface area contributed by atoms with E-state index in [0.717, 1.165) is 82.3 Å². The molecule has 1 N–H and O–H groups in total. The lowest BCUT2D eigenvalue weighted by Gasteiger charge is -2.36. The third-order valence-corrected chi connectivity index (χ3v) is 5.25. The quantitative estimate of drug-likeness (QED) is 0.391. The topological polar surface area (TPSA) is 61.6 Å². The Kier molecular flexibility index (Phi) is 8.27. The number of guanidine groups is 1. The highest BCUT2D eigenvalue weighted by atomic mass is 19.4. The standard InChI is InChI=1S/C21H30F3N7/c1-2-25-20(26-9-3-4-10-30-16-27-28-17-30)31-13-11-29(12-14-31)15-18-5-7-19(8-6-18)21(22,23)24/h5-8,16-17H,2-4,9-15H2,1H3,(H,25,26). The van der Waals surface area contributed by atoms with Crippen molar-refractivity contribution in [1.29, 1.82) is 0 Å².